The Labute approximate surface area is 156 Å². The average Bonchev–Trinajstić information content (AvgIpc) is 2.94. The Morgan fingerprint density at radius 2 is 2.00 bits per heavy atom. The van der Waals surface area contributed by atoms with Gasteiger partial charge < -0.3 is 15.4 Å². The lowest BCUT2D eigenvalue weighted by Crippen LogP contribution is -2.45. The molecule has 1 aromatic carbocycles. The maximum Gasteiger partial charge on any atom is 0.338 e. The molecule has 2 amide bonds. The van der Waals surface area contributed by atoms with Crippen LogP contribution >= 0.6 is 23.2 Å². The normalized spacial score (nSPS) is 26.2. The van der Waals surface area contributed by atoms with Crippen LogP contribution in [0.5, 0.6) is 0 Å². The Bertz CT molecular complexity index is 748. The van der Waals surface area contributed by atoms with Gasteiger partial charge in [-0.25, -0.2) is 9.59 Å². The van der Waals surface area contributed by atoms with Gasteiger partial charge in [-0.05, 0) is 49.8 Å². The molecule has 5 nitrogen and oxygen atoms in total. The van der Waals surface area contributed by atoms with Crippen molar-refractivity contribution >= 4 is 35.2 Å². The summed E-state index contributed by atoms with van der Waals surface area (Å²) in [5, 5.41) is 6.18. The summed E-state index contributed by atoms with van der Waals surface area (Å²) >= 11 is 12.1. The van der Waals surface area contributed by atoms with Gasteiger partial charge in [-0.15, -0.1) is 0 Å². The van der Waals surface area contributed by atoms with Gasteiger partial charge in [-0.1, -0.05) is 36.2 Å². The number of rotatable bonds is 3. The number of benzene rings is 1. The molecule has 1 aromatic rings. The third kappa shape index (κ3) is 3.77. The van der Waals surface area contributed by atoms with Crippen molar-refractivity contribution in [1.82, 2.24) is 10.6 Å². The molecule has 0 saturated heterocycles. The van der Waals surface area contributed by atoms with Gasteiger partial charge in [-0.2, -0.15) is 0 Å². The first-order valence-corrected chi connectivity index (χ1v) is 9.06. The van der Waals surface area contributed by atoms with E-state index in [2.05, 4.69) is 17.6 Å². The fourth-order valence-electron chi connectivity index (χ4n) is 3.39. The van der Waals surface area contributed by atoms with Gasteiger partial charge in [-0.3, -0.25) is 0 Å². The minimum atomic E-state index is -0.632. The second-order valence-electron chi connectivity index (χ2n) is 6.60. The molecule has 0 bridgehead atoms. The maximum atomic E-state index is 12.8. The molecule has 2 N–H and O–H groups in total. The van der Waals surface area contributed by atoms with Crippen LogP contribution in [-0.2, 0) is 9.53 Å². The number of halogens is 2. The van der Waals surface area contributed by atoms with E-state index in [1.807, 2.05) is 0 Å². The lowest BCUT2D eigenvalue weighted by Gasteiger charge is -2.29. The van der Waals surface area contributed by atoms with Gasteiger partial charge in [0.1, 0.15) is 6.10 Å². The molecular weight excluding hydrogens is 363 g/mol. The second kappa shape index (κ2) is 7.26. The molecule has 134 valence electrons. The predicted octanol–water partition coefficient (Wildman–Crippen LogP) is 4.35. The van der Waals surface area contributed by atoms with Crippen LogP contribution in [0.15, 0.2) is 29.5 Å². The van der Waals surface area contributed by atoms with Gasteiger partial charge in [0.05, 0.1) is 21.7 Å². The molecule has 7 heteroatoms. The number of ether oxygens (including phenoxy) is 1. The topological polar surface area (TPSA) is 67.4 Å². The average molecular weight is 383 g/mol. The molecule has 0 radical (unpaired) electrons. The number of amides is 2. The Kier molecular flexibility index (Phi) is 5.25. The number of urea groups is 1. The Morgan fingerprint density at radius 3 is 2.64 bits per heavy atom. The summed E-state index contributed by atoms with van der Waals surface area (Å²) in [5.41, 5.74) is 1.54. The highest BCUT2D eigenvalue weighted by atomic mass is 35.5. The molecule has 1 aliphatic heterocycles. The van der Waals surface area contributed by atoms with Crippen molar-refractivity contribution in [2.75, 3.05) is 0 Å². The monoisotopic (exact) mass is 382 g/mol. The van der Waals surface area contributed by atoms with Crippen molar-refractivity contribution < 1.29 is 14.3 Å². The van der Waals surface area contributed by atoms with E-state index in [0.29, 0.717) is 32.8 Å². The number of carbonyl (C=O) groups excluding carboxylic acids is 2. The van der Waals surface area contributed by atoms with Crippen molar-refractivity contribution in [1.29, 1.82) is 0 Å². The quantitative estimate of drug-likeness (QED) is 0.763. The molecule has 1 fully saturated rings. The number of hydrogen-bond donors (Lipinski definition) is 2. The molecule has 0 spiro atoms. The van der Waals surface area contributed by atoms with E-state index in [1.165, 1.54) is 0 Å². The van der Waals surface area contributed by atoms with Crippen molar-refractivity contribution in [2.45, 2.75) is 45.3 Å². The molecule has 3 atom stereocenters. The summed E-state index contributed by atoms with van der Waals surface area (Å²) < 4.78 is 5.73. The molecule has 1 heterocycles. The van der Waals surface area contributed by atoms with E-state index < -0.39 is 12.0 Å². The predicted molar refractivity (Wildman–Crippen MR) is 96.5 cm³/mol. The van der Waals surface area contributed by atoms with E-state index in [9.17, 15) is 9.59 Å². The third-order valence-corrected chi connectivity index (χ3v) is 5.55. The summed E-state index contributed by atoms with van der Waals surface area (Å²) in [5.74, 6) is -0.0701. The Balaban J connectivity index is 1.91. The maximum absolute atomic E-state index is 12.8. The fourth-order valence-corrected chi connectivity index (χ4v) is 3.70. The van der Waals surface area contributed by atoms with Crippen LogP contribution in [0.2, 0.25) is 10.0 Å². The molecule has 0 aromatic heterocycles. The lowest BCUT2D eigenvalue weighted by molar-refractivity contribution is -0.146. The summed E-state index contributed by atoms with van der Waals surface area (Å²) in [4.78, 5) is 24.7. The van der Waals surface area contributed by atoms with E-state index in [4.69, 9.17) is 27.9 Å². The number of carbonyl (C=O) groups is 2. The number of esters is 1. The first kappa shape index (κ1) is 18.1. The molecule has 2 aliphatic rings. The van der Waals surface area contributed by atoms with Crippen molar-refractivity contribution in [3.05, 3.63) is 45.1 Å². The molecule has 0 unspecified atom stereocenters. The largest absolute Gasteiger partial charge is 0.459 e. The van der Waals surface area contributed by atoms with Crippen molar-refractivity contribution in [2.24, 2.45) is 5.92 Å². The van der Waals surface area contributed by atoms with Gasteiger partial charge >= 0.3 is 12.0 Å². The van der Waals surface area contributed by atoms with Crippen LogP contribution in [0, 0.1) is 5.92 Å². The fraction of sp³-hybridized carbons (Fsp3) is 0.444. The first-order chi connectivity index (χ1) is 11.9. The van der Waals surface area contributed by atoms with Gasteiger partial charge in [0.15, 0.2) is 0 Å². The minimum Gasteiger partial charge on any atom is -0.459 e. The highest BCUT2D eigenvalue weighted by Crippen LogP contribution is 2.34. The van der Waals surface area contributed by atoms with Crippen LogP contribution in [0.25, 0.3) is 0 Å². The van der Waals surface area contributed by atoms with E-state index >= 15 is 0 Å². The molecular formula is C18H20Cl2N2O3. The van der Waals surface area contributed by atoms with Crippen molar-refractivity contribution in [3.63, 3.8) is 0 Å². The van der Waals surface area contributed by atoms with Gasteiger partial charge in [0.25, 0.3) is 0 Å². The number of allylic oxidation sites excluding steroid dienone is 1. The minimum absolute atomic E-state index is 0.0834. The molecule has 25 heavy (non-hydrogen) atoms. The number of nitrogens with one attached hydrogen (secondary N) is 2. The summed E-state index contributed by atoms with van der Waals surface area (Å²) in [6.45, 7) is 3.78. The second-order valence-corrected chi connectivity index (χ2v) is 7.41. The third-order valence-electron chi connectivity index (χ3n) is 4.81. The Hall–Kier alpha value is -1.72. The van der Waals surface area contributed by atoms with Gasteiger partial charge in [0, 0.05) is 5.70 Å². The van der Waals surface area contributed by atoms with Crippen LogP contribution in [0.1, 0.15) is 44.7 Å². The highest BCUT2D eigenvalue weighted by Gasteiger charge is 2.35. The van der Waals surface area contributed by atoms with E-state index in [1.54, 1.807) is 25.1 Å². The van der Waals surface area contributed by atoms with Gasteiger partial charge in [0.2, 0.25) is 0 Å². The zero-order chi connectivity index (χ0) is 18.1. The molecule has 1 saturated carbocycles. The first-order valence-electron chi connectivity index (χ1n) is 8.31. The zero-order valence-corrected chi connectivity index (χ0v) is 15.6. The standard InChI is InChI=1S/C18H20Cl2N2O3/c1-9-4-3-5-14(9)25-17(23)15-10(2)21-18(24)22-16(15)11-6-7-12(19)13(20)8-11/h6-9,14,16H,3-5H2,1-2H3,(H2,21,22,24)/t9-,14-,16-/m1/s1. The van der Waals surface area contributed by atoms with Crippen molar-refractivity contribution in [3.8, 4) is 0 Å². The Morgan fingerprint density at radius 1 is 1.24 bits per heavy atom. The SMILES string of the molecule is CC1=C(C(=O)O[C@@H]2CCC[C@H]2C)[C@@H](c2ccc(Cl)c(Cl)c2)NC(=O)N1. The number of hydrogen-bond acceptors (Lipinski definition) is 3. The van der Waals surface area contributed by atoms with Crippen LogP contribution in [-0.4, -0.2) is 18.1 Å². The molecule has 3 rings (SSSR count). The summed E-state index contributed by atoms with van der Waals surface area (Å²) in [6, 6.07) is 4.03. The van der Waals surface area contributed by atoms with Crippen LogP contribution < -0.4 is 10.6 Å². The van der Waals surface area contributed by atoms with Crippen LogP contribution in [0.4, 0.5) is 4.79 Å². The summed E-state index contributed by atoms with van der Waals surface area (Å²) in [6.07, 6.45) is 2.90. The smallest absolute Gasteiger partial charge is 0.338 e. The van der Waals surface area contributed by atoms with E-state index in [0.717, 1.165) is 19.3 Å². The summed E-state index contributed by atoms with van der Waals surface area (Å²) in [7, 11) is 0. The zero-order valence-electron chi connectivity index (χ0n) is 14.1. The lowest BCUT2D eigenvalue weighted by atomic mass is 9.95. The molecule has 1 aliphatic carbocycles. The van der Waals surface area contributed by atoms with Crippen LogP contribution in [0.3, 0.4) is 0 Å². The van der Waals surface area contributed by atoms with E-state index in [-0.39, 0.29) is 12.1 Å². The highest BCUT2D eigenvalue weighted by molar-refractivity contribution is 6.42.